The molecule has 1 aromatic carbocycles. The number of hydrogen-bond acceptors (Lipinski definition) is 7. The van der Waals surface area contributed by atoms with Crippen molar-refractivity contribution in [2.45, 2.75) is 64.0 Å². The van der Waals surface area contributed by atoms with Crippen molar-refractivity contribution in [2.24, 2.45) is 5.92 Å². The van der Waals surface area contributed by atoms with Gasteiger partial charge in [-0.05, 0) is 81.5 Å². The summed E-state index contributed by atoms with van der Waals surface area (Å²) in [5.41, 5.74) is 3.76. The molecule has 0 saturated heterocycles. The van der Waals surface area contributed by atoms with E-state index in [2.05, 4.69) is 45.6 Å². The Morgan fingerprint density at radius 1 is 1.00 bits per heavy atom. The highest BCUT2D eigenvalue weighted by Gasteiger charge is 2.24. The van der Waals surface area contributed by atoms with Gasteiger partial charge in [-0.3, -0.25) is 0 Å². The highest BCUT2D eigenvalue weighted by atomic mass is 79.9. The molecule has 1 saturated carbocycles. The zero-order valence-corrected chi connectivity index (χ0v) is 22.5. The van der Waals surface area contributed by atoms with Crippen molar-refractivity contribution in [2.75, 3.05) is 45.1 Å². The molecule has 186 valence electrons. The molecule has 1 fully saturated rings. The number of aromatic nitrogens is 2. The van der Waals surface area contributed by atoms with Crippen molar-refractivity contribution in [3.63, 3.8) is 0 Å². The van der Waals surface area contributed by atoms with E-state index in [1.807, 2.05) is 12.1 Å². The summed E-state index contributed by atoms with van der Waals surface area (Å²) in [7, 11) is 7.50. The summed E-state index contributed by atoms with van der Waals surface area (Å²) in [5, 5.41) is 7.30. The minimum Gasteiger partial charge on any atom is -0.493 e. The van der Waals surface area contributed by atoms with Gasteiger partial charge in [0.05, 0.1) is 19.9 Å². The number of fused-ring (bicyclic) bond motifs is 1. The minimum atomic E-state index is 0.452. The van der Waals surface area contributed by atoms with Crippen LogP contribution in [0.3, 0.4) is 0 Å². The van der Waals surface area contributed by atoms with Crippen molar-refractivity contribution in [1.82, 2.24) is 15.3 Å². The summed E-state index contributed by atoms with van der Waals surface area (Å²) in [6.07, 6.45) is 9.38. The van der Waals surface area contributed by atoms with Crippen molar-refractivity contribution in [1.29, 1.82) is 0 Å². The van der Waals surface area contributed by atoms with Gasteiger partial charge in [0.15, 0.2) is 11.5 Å². The summed E-state index contributed by atoms with van der Waals surface area (Å²) in [5.74, 6) is 4.09. The molecule has 4 rings (SSSR count). The highest BCUT2D eigenvalue weighted by molar-refractivity contribution is 9.10. The number of hydrogen-bond donors (Lipinski definition) is 2. The van der Waals surface area contributed by atoms with Gasteiger partial charge in [0.1, 0.15) is 5.82 Å². The number of methoxy groups -OCH3 is 2. The van der Waals surface area contributed by atoms with Crippen LogP contribution in [0.25, 0.3) is 0 Å². The van der Waals surface area contributed by atoms with Crippen LogP contribution in [0.4, 0.5) is 11.8 Å². The maximum absolute atomic E-state index is 5.45. The third-order valence-corrected chi connectivity index (χ3v) is 7.80. The number of anilines is 2. The molecule has 2 aromatic rings. The number of ether oxygens (including phenoxy) is 2. The average molecular weight is 533 g/mol. The monoisotopic (exact) mass is 531 g/mol. The van der Waals surface area contributed by atoms with Gasteiger partial charge < -0.3 is 25.0 Å². The predicted octanol–water partition coefficient (Wildman–Crippen LogP) is 4.96. The normalized spacial score (nSPS) is 19.9. The lowest BCUT2D eigenvalue weighted by molar-refractivity contribution is 0.323. The largest absolute Gasteiger partial charge is 0.493 e. The van der Waals surface area contributed by atoms with E-state index >= 15 is 0 Å². The second-order valence-corrected chi connectivity index (χ2v) is 10.5. The lowest BCUT2D eigenvalue weighted by Crippen LogP contribution is -2.32. The fourth-order valence-electron chi connectivity index (χ4n) is 5.14. The molecule has 0 amide bonds. The zero-order valence-electron chi connectivity index (χ0n) is 20.9. The molecule has 1 aromatic heterocycles. The van der Waals surface area contributed by atoms with Crippen LogP contribution in [0.5, 0.6) is 11.5 Å². The van der Waals surface area contributed by atoms with Crippen LogP contribution in [-0.4, -0.2) is 50.9 Å². The van der Waals surface area contributed by atoms with Crippen molar-refractivity contribution >= 4 is 27.7 Å². The van der Waals surface area contributed by atoms with Crippen LogP contribution in [0.1, 0.15) is 55.3 Å². The van der Waals surface area contributed by atoms with Crippen LogP contribution in [-0.2, 0) is 19.4 Å². The standard InChI is InChI=1S/C26H38BrN5O2/c1-32(2)25-20-7-5-6-8-22(20)30-26(31-25)29-19-11-9-17(10-12-19)15-28-16-18-13-23(33-3)24(34-4)14-21(18)27/h13-14,17,19,28H,5-12,15-16H2,1-4H3,(H,29,30,31)/t17-,19+. The number of aryl methyl sites for hydroxylation is 1. The van der Waals surface area contributed by atoms with Gasteiger partial charge in [0.25, 0.3) is 0 Å². The summed E-state index contributed by atoms with van der Waals surface area (Å²) >= 11 is 3.65. The van der Waals surface area contributed by atoms with Gasteiger partial charge in [0, 0.05) is 36.7 Å². The fourth-order valence-corrected chi connectivity index (χ4v) is 5.61. The molecule has 2 aliphatic rings. The molecule has 0 unspecified atom stereocenters. The number of benzene rings is 1. The molecule has 0 atom stereocenters. The number of halogens is 1. The number of rotatable bonds is 9. The van der Waals surface area contributed by atoms with Crippen LogP contribution < -0.4 is 25.0 Å². The van der Waals surface area contributed by atoms with E-state index in [9.17, 15) is 0 Å². The van der Waals surface area contributed by atoms with E-state index in [0.29, 0.717) is 12.0 Å². The Kier molecular flexibility index (Phi) is 8.53. The van der Waals surface area contributed by atoms with Crippen molar-refractivity contribution < 1.29 is 9.47 Å². The van der Waals surface area contributed by atoms with Gasteiger partial charge in [-0.1, -0.05) is 15.9 Å². The fraction of sp³-hybridized carbons (Fsp3) is 0.615. The quantitative estimate of drug-likeness (QED) is 0.473. The zero-order chi connectivity index (χ0) is 24.1. The summed E-state index contributed by atoms with van der Waals surface area (Å²) in [6.45, 7) is 1.82. The molecule has 2 N–H and O–H groups in total. The summed E-state index contributed by atoms with van der Waals surface area (Å²) in [6, 6.07) is 4.46. The molecular weight excluding hydrogens is 494 g/mol. The van der Waals surface area contributed by atoms with Gasteiger partial charge in [-0.15, -0.1) is 0 Å². The first-order valence-corrected chi connectivity index (χ1v) is 13.2. The van der Waals surface area contributed by atoms with Gasteiger partial charge in [-0.2, -0.15) is 4.98 Å². The smallest absolute Gasteiger partial charge is 0.225 e. The Morgan fingerprint density at radius 3 is 2.41 bits per heavy atom. The van der Waals surface area contributed by atoms with Gasteiger partial charge >= 0.3 is 0 Å². The van der Waals surface area contributed by atoms with E-state index in [1.165, 1.54) is 42.5 Å². The van der Waals surface area contributed by atoms with Crippen molar-refractivity contribution in [3.05, 3.63) is 33.4 Å². The molecule has 34 heavy (non-hydrogen) atoms. The first-order chi connectivity index (χ1) is 16.5. The second kappa shape index (κ2) is 11.6. The maximum Gasteiger partial charge on any atom is 0.225 e. The first-order valence-electron chi connectivity index (χ1n) is 12.4. The van der Waals surface area contributed by atoms with Crippen LogP contribution >= 0.6 is 15.9 Å². The van der Waals surface area contributed by atoms with E-state index in [0.717, 1.165) is 66.5 Å². The molecule has 1 heterocycles. The first kappa shape index (κ1) is 25.0. The number of nitrogens with one attached hydrogen (secondary N) is 2. The average Bonchev–Trinajstić information content (AvgIpc) is 2.85. The van der Waals surface area contributed by atoms with E-state index in [1.54, 1.807) is 14.2 Å². The summed E-state index contributed by atoms with van der Waals surface area (Å²) in [4.78, 5) is 11.9. The van der Waals surface area contributed by atoms with Crippen LogP contribution in [0, 0.1) is 5.92 Å². The third-order valence-electron chi connectivity index (χ3n) is 7.07. The Morgan fingerprint density at radius 2 is 1.71 bits per heavy atom. The van der Waals surface area contributed by atoms with E-state index in [4.69, 9.17) is 19.4 Å². The van der Waals surface area contributed by atoms with Crippen LogP contribution in [0.2, 0.25) is 0 Å². The molecule has 0 aliphatic heterocycles. The Labute approximate surface area is 212 Å². The maximum atomic E-state index is 5.45. The Bertz CT molecular complexity index is 976. The van der Waals surface area contributed by atoms with Gasteiger partial charge in [-0.25, -0.2) is 4.98 Å². The predicted molar refractivity (Wildman–Crippen MR) is 141 cm³/mol. The van der Waals surface area contributed by atoms with Gasteiger partial charge in [0.2, 0.25) is 5.95 Å². The highest BCUT2D eigenvalue weighted by Crippen LogP contribution is 2.34. The van der Waals surface area contributed by atoms with Crippen molar-refractivity contribution in [3.8, 4) is 11.5 Å². The molecule has 0 spiro atoms. The van der Waals surface area contributed by atoms with Crippen LogP contribution in [0.15, 0.2) is 16.6 Å². The topological polar surface area (TPSA) is 71.5 Å². The SMILES string of the molecule is COc1cc(Br)c(CNC[C@H]2CC[C@@H](Nc3nc4c(c(N(C)C)n3)CCCC4)CC2)cc1OC. The lowest BCUT2D eigenvalue weighted by atomic mass is 9.86. The molecule has 0 radical (unpaired) electrons. The van der Waals surface area contributed by atoms with E-state index < -0.39 is 0 Å². The number of nitrogens with zero attached hydrogens (tertiary/aromatic N) is 3. The minimum absolute atomic E-state index is 0.452. The molecule has 7 nitrogen and oxygen atoms in total. The summed E-state index contributed by atoms with van der Waals surface area (Å²) < 4.78 is 11.9. The molecule has 2 aliphatic carbocycles. The molecular formula is C26H38BrN5O2. The van der Waals surface area contributed by atoms with E-state index in [-0.39, 0.29) is 0 Å². The Balaban J connectivity index is 1.27. The Hall–Kier alpha value is -2.06. The second-order valence-electron chi connectivity index (χ2n) is 9.69. The molecule has 8 heteroatoms. The molecule has 0 bridgehead atoms. The lowest BCUT2D eigenvalue weighted by Gasteiger charge is -2.30. The third kappa shape index (κ3) is 5.95.